The van der Waals surface area contributed by atoms with Crippen molar-refractivity contribution >= 4 is 28.5 Å². The number of carbonyl (C=O) groups is 1. The van der Waals surface area contributed by atoms with Crippen LogP contribution in [0.5, 0.6) is 0 Å². The Morgan fingerprint density at radius 3 is 2.63 bits per heavy atom. The fourth-order valence-corrected chi connectivity index (χ4v) is 2.83. The molecular formula is C19H14FN5O2. The van der Waals surface area contributed by atoms with Crippen molar-refractivity contribution in [2.24, 2.45) is 0 Å². The zero-order chi connectivity index (χ0) is 19.0. The molecule has 134 valence electrons. The van der Waals surface area contributed by atoms with Crippen molar-refractivity contribution in [3.8, 4) is 5.82 Å². The molecule has 2 aromatic carbocycles. The zero-order valence-electron chi connectivity index (χ0n) is 14.2. The van der Waals surface area contributed by atoms with E-state index in [9.17, 15) is 9.18 Å². The van der Waals surface area contributed by atoms with E-state index in [4.69, 9.17) is 5.11 Å². The lowest BCUT2D eigenvalue weighted by atomic mass is 10.2. The number of halogens is 1. The summed E-state index contributed by atoms with van der Waals surface area (Å²) in [6.07, 6.45) is 3.11. The number of nitrogens with one attached hydrogen (secondary N) is 1. The van der Waals surface area contributed by atoms with Gasteiger partial charge in [0.05, 0.1) is 29.0 Å². The molecule has 2 heterocycles. The number of anilines is 2. The Labute approximate surface area is 153 Å². The Morgan fingerprint density at radius 1 is 1.11 bits per heavy atom. The largest absolute Gasteiger partial charge is 0.478 e. The Balaban J connectivity index is 1.70. The highest BCUT2D eigenvalue weighted by atomic mass is 19.1. The van der Waals surface area contributed by atoms with Crippen LogP contribution in [0.1, 0.15) is 16.2 Å². The number of carboxylic acid groups (broad SMARTS) is 1. The second-order valence-corrected chi connectivity index (χ2v) is 5.90. The maximum atomic E-state index is 13.7. The highest BCUT2D eigenvalue weighted by Crippen LogP contribution is 2.22. The number of aromatic nitrogens is 4. The molecule has 27 heavy (non-hydrogen) atoms. The van der Waals surface area contributed by atoms with Gasteiger partial charge in [0.2, 0.25) is 0 Å². The van der Waals surface area contributed by atoms with Crippen LogP contribution in [-0.4, -0.2) is 30.6 Å². The van der Waals surface area contributed by atoms with Crippen LogP contribution in [0.3, 0.4) is 0 Å². The normalized spacial score (nSPS) is 10.9. The van der Waals surface area contributed by atoms with Gasteiger partial charge in [-0.15, -0.1) is 0 Å². The minimum atomic E-state index is -0.988. The molecule has 0 aliphatic carbocycles. The van der Waals surface area contributed by atoms with Crippen molar-refractivity contribution in [2.75, 3.05) is 5.32 Å². The van der Waals surface area contributed by atoms with E-state index < -0.39 is 5.97 Å². The van der Waals surface area contributed by atoms with E-state index in [1.54, 1.807) is 35.2 Å². The summed E-state index contributed by atoms with van der Waals surface area (Å²) < 4.78 is 15.4. The standard InChI is InChI=1S/C19H14FN5O2/c1-11-22-15-7-4-13(20)8-16(15)25(11)18-10-21-9-17(24-18)23-14-5-2-12(3-6-14)19(26)27/h2-10H,1H3,(H,23,24)(H,26,27). The van der Waals surface area contributed by atoms with Crippen molar-refractivity contribution < 1.29 is 14.3 Å². The van der Waals surface area contributed by atoms with Gasteiger partial charge < -0.3 is 10.4 Å². The first-order valence-electron chi connectivity index (χ1n) is 8.09. The van der Waals surface area contributed by atoms with Crippen LogP contribution in [0.2, 0.25) is 0 Å². The van der Waals surface area contributed by atoms with E-state index in [1.807, 2.05) is 6.92 Å². The predicted octanol–water partition coefficient (Wildman–Crippen LogP) is 3.70. The lowest BCUT2D eigenvalue weighted by Crippen LogP contribution is -2.04. The van der Waals surface area contributed by atoms with Gasteiger partial charge in [0.1, 0.15) is 11.6 Å². The minimum absolute atomic E-state index is 0.197. The van der Waals surface area contributed by atoms with E-state index >= 15 is 0 Å². The Kier molecular flexibility index (Phi) is 4.00. The molecule has 0 saturated carbocycles. The van der Waals surface area contributed by atoms with Crippen molar-refractivity contribution in [1.82, 2.24) is 19.5 Å². The molecule has 0 spiro atoms. The molecule has 0 amide bonds. The SMILES string of the molecule is Cc1nc2ccc(F)cc2n1-c1cncc(Nc2ccc(C(=O)O)cc2)n1. The summed E-state index contributed by atoms with van der Waals surface area (Å²) in [7, 11) is 0. The summed E-state index contributed by atoms with van der Waals surface area (Å²) in [4.78, 5) is 24.1. The number of aryl methyl sites for hydroxylation is 1. The fourth-order valence-electron chi connectivity index (χ4n) is 2.83. The molecule has 2 N–H and O–H groups in total. The molecule has 0 atom stereocenters. The molecule has 0 bridgehead atoms. The third-order valence-corrected chi connectivity index (χ3v) is 4.04. The molecule has 8 heteroatoms. The van der Waals surface area contributed by atoms with E-state index in [2.05, 4.69) is 20.3 Å². The number of benzene rings is 2. The quantitative estimate of drug-likeness (QED) is 0.574. The van der Waals surface area contributed by atoms with Crippen LogP contribution in [0.4, 0.5) is 15.9 Å². The van der Waals surface area contributed by atoms with E-state index in [-0.39, 0.29) is 11.4 Å². The van der Waals surface area contributed by atoms with Crippen LogP contribution in [0.25, 0.3) is 16.9 Å². The van der Waals surface area contributed by atoms with Gasteiger partial charge in [-0.3, -0.25) is 9.55 Å². The molecule has 0 aliphatic rings. The molecule has 4 rings (SSSR count). The molecule has 2 aromatic heterocycles. The van der Waals surface area contributed by atoms with Crippen LogP contribution >= 0.6 is 0 Å². The molecule has 0 unspecified atom stereocenters. The maximum absolute atomic E-state index is 13.7. The van der Waals surface area contributed by atoms with Crippen LogP contribution in [0.15, 0.2) is 54.9 Å². The second-order valence-electron chi connectivity index (χ2n) is 5.90. The molecule has 4 aromatic rings. The number of hydrogen-bond acceptors (Lipinski definition) is 5. The highest BCUT2D eigenvalue weighted by Gasteiger charge is 2.12. The van der Waals surface area contributed by atoms with Gasteiger partial charge >= 0.3 is 5.97 Å². The Morgan fingerprint density at radius 2 is 1.89 bits per heavy atom. The van der Waals surface area contributed by atoms with Crippen LogP contribution < -0.4 is 5.32 Å². The molecule has 0 saturated heterocycles. The molecule has 0 fully saturated rings. The summed E-state index contributed by atoms with van der Waals surface area (Å²) in [5.41, 5.74) is 2.13. The zero-order valence-corrected chi connectivity index (χ0v) is 14.2. The van der Waals surface area contributed by atoms with Crippen LogP contribution in [0, 0.1) is 12.7 Å². The molecule has 7 nitrogen and oxygen atoms in total. The monoisotopic (exact) mass is 363 g/mol. The number of imidazole rings is 1. The average molecular weight is 363 g/mol. The van der Waals surface area contributed by atoms with Crippen molar-refractivity contribution in [3.05, 3.63) is 72.1 Å². The number of carboxylic acids is 1. The summed E-state index contributed by atoms with van der Waals surface area (Å²) in [6.45, 7) is 1.81. The number of nitrogens with zero attached hydrogens (tertiary/aromatic N) is 4. The lowest BCUT2D eigenvalue weighted by molar-refractivity contribution is 0.0697. The summed E-state index contributed by atoms with van der Waals surface area (Å²) in [5, 5.41) is 12.0. The van der Waals surface area contributed by atoms with Gasteiger partial charge in [-0.2, -0.15) is 0 Å². The lowest BCUT2D eigenvalue weighted by Gasteiger charge is -2.09. The van der Waals surface area contributed by atoms with E-state index in [0.717, 1.165) is 0 Å². The second kappa shape index (κ2) is 6.49. The van der Waals surface area contributed by atoms with Crippen molar-refractivity contribution in [2.45, 2.75) is 6.92 Å². The number of hydrogen-bond donors (Lipinski definition) is 2. The maximum Gasteiger partial charge on any atom is 0.335 e. The predicted molar refractivity (Wildman–Crippen MR) is 98.0 cm³/mol. The third kappa shape index (κ3) is 3.20. The molecule has 0 radical (unpaired) electrons. The van der Waals surface area contributed by atoms with E-state index in [0.29, 0.717) is 34.2 Å². The summed E-state index contributed by atoms with van der Waals surface area (Å²) >= 11 is 0. The third-order valence-electron chi connectivity index (χ3n) is 4.04. The number of rotatable bonds is 4. The molecular weight excluding hydrogens is 349 g/mol. The Bertz CT molecular complexity index is 1150. The topological polar surface area (TPSA) is 92.9 Å². The molecule has 0 aliphatic heterocycles. The number of aromatic carboxylic acids is 1. The van der Waals surface area contributed by atoms with Crippen molar-refractivity contribution in [3.63, 3.8) is 0 Å². The van der Waals surface area contributed by atoms with Gasteiger partial charge in [-0.25, -0.2) is 19.2 Å². The fraction of sp³-hybridized carbons (Fsp3) is 0.0526. The average Bonchev–Trinajstić information content (AvgIpc) is 2.97. The highest BCUT2D eigenvalue weighted by molar-refractivity contribution is 5.88. The minimum Gasteiger partial charge on any atom is -0.478 e. The van der Waals surface area contributed by atoms with Gasteiger partial charge in [0.25, 0.3) is 0 Å². The smallest absolute Gasteiger partial charge is 0.335 e. The van der Waals surface area contributed by atoms with Gasteiger partial charge in [0.15, 0.2) is 11.6 Å². The van der Waals surface area contributed by atoms with E-state index in [1.165, 1.54) is 24.3 Å². The number of fused-ring (bicyclic) bond motifs is 1. The first-order chi connectivity index (χ1) is 13.0. The summed E-state index contributed by atoms with van der Waals surface area (Å²) in [6, 6.07) is 10.7. The van der Waals surface area contributed by atoms with Gasteiger partial charge in [-0.05, 0) is 43.3 Å². The summed E-state index contributed by atoms with van der Waals surface area (Å²) in [5.74, 6) is 0.274. The first kappa shape index (κ1) is 16.6. The van der Waals surface area contributed by atoms with Crippen LogP contribution in [-0.2, 0) is 0 Å². The van der Waals surface area contributed by atoms with Crippen molar-refractivity contribution in [1.29, 1.82) is 0 Å². The first-order valence-corrected chi connectivity index (χ1v) is 8.09. The van der Waals surface area contributed by atoms with Gasteiger partial charge in [0, 0.05) is 11.8 Å². The Hall–Kier alpha value is -3.81. The van der Waals surface area contributed by atoms with Gasteiger partial charge in [-0.1, -0.05) is 0 Å².